The lowest BCUT2D eigenvalue weighted by atomic mass is 9.94. The second-order valence-electron chi connectivity index (χ2n) is 6.56. The fourth-order valence-corrected chi connectivity index (χ4v) is 3.72. The average Bonchev–Trinajstić information content (AvgIpc) is 3.11. The number of nitrogens with two attached hydrogens (primary N) is 1. The van der Waals surface area contributed by atoms with Crippen LogP contribution in [0.4, 0.5) is 5.69 Å². The summed E-state index contributed by atoms with van der Waals surface area (Å²) in [7, 11) is 0. The van der Waals surface area contributed by atoms with Gasteiger partial charge in [0.25, 0.3) is 0 Å². The van der Waals surface area contributed by atoms with Gasteiger partial charge in [-0.3, -0.25) is 4.90 Å². The Kier molecular flexibility index (Phi) is 3.30. The van der Waals surface area contributed by atoms with E-state index in [4.69, 9.17) is 5.73 Å². The van der Waals surface area contributed by atoms with Gasteiger partial charge in [0, 0.05) is 29.7 Å². The largest absolute Gasteiger partial charge is 0.399 e. The molecule has 2 fully saturated rings. The predicted octanol–water partition coefficient (Wildman–Crippen LogP) is 3.56. The number of anilines is 1. The summed E-state index contributed by atoms with van der Waals surface area (Å²) < 4.78 is 0. The summed E-state index contributed by atoms with van der Waals surface area (Å²) in [4.78, 5) is 2.77. The molecule has 1 saturated carbocycles. The van der Waals surface area contributed by atoms with Gasteiger partial charge in [0.05, 0.1) is 0 Å². The Labute approximate surface area is 117 Å². The SMILES string of the molecule is CCC1CCC(C)N1CC1(c2ccc(N)cc2)CC1. The van der Waals surface area contributed by atoms with Gasteiger partial charge >= 0.3 is 0 Å². The van der Waals surface area contributed by atoms with Gasteiger partial charge < -0.3 is 5.73 Å². The van der Waals surface area contributed by atoms with Crippen molar-refractivity contribution in [1.29, 1.82) is 0 Å². The number of rotatable bonds is 4. The van der Waals surface area contributed by atoms with Crippen LogP contribution in [-0.4, -0.2) is 23.5 Å². The van der Waals surface area contributed by atoms with Gasteiger partial charge in [0.1, 0.15) is 0 Å². The van der Waals surface area contributed by atoms with Gasteiger partial charge in [0.15, 0.2) is 0 Å². The molecule has 2 N–H and O–H groups in total. The topological polar surface area (TPSA) is 29.3 Å². The predicted molar refractivity (Wildman–Crippen MR) is 81.2 cm³/mol. The van der Waals surface area contributed by atoms with E-state index in [0.29, 0.717) is 5.41 Å². The summed E-state index contributed by atoms with van der Waals surface area (Å²) in [6.07, 6.45) is 6.74. The molecule has 1 aliphatic carbocycles. The van der Waals surface area contributed by atoms with Crippen molar-refractivity contribution in [1.82, 2.24) is 4.90 Å². The molecule has 2 heteroatoms. The molecule has 2 atom stereocenters. The molecule has 19 heavy (non-hydrogen) atoms. The smallest absolute Gasteiger partial charge is 0.0314 e. The number of hydrogen-bond acceptors (Lipinski definition) is 2. The Morgan fingerprint density at radius 1 is 1.21 bits per heavy atom. The zero-order valence-corrected chi connectivity index (χ0v) is 12.2. The molecule has 3 rings (SSSR count). The van der Waals surface area contributed by atoms with Crippen molar-refractivity contribution in [3.05, 3.63) is 29.8 Å². The fraction of sp³-hybridized carbons (Fsp3) is 0.647. The number of benzene rings is 1. The lowest BCUT2D eigenvalue weighted by molar-refractivity contribution is 0.180. The molecule has 1 saturated heterocycles. The molecule has 0 aromatic heterocycles. The molecule has 104 valence electrons. The molecule has 1 aromatic carbocycles. The van der Waals surface area contributed by atoms with Gasteiger partial charge in [-0.1, -0.05) is 19.1 Å². The lowest BCUT2D eigenvalue weighted by Gasteiger charge is -2.32. The maximum Gasteiger partial charge on any atom is 0.0314 e. The van der Waals surface area contributed by atoms with Crippen LogP contribution in [0, 0.1) is 0 Å². The van der Waals surface area contributed by atoms with Crippen LogP contribution < -0.4 is 5.73 Å². The number of likely N-dealkylation sites (tertiary alicyclic amines) is 1. The zero-order valence-electron chi connectivity index (χ0n) is 12.2. The normalized spacial score (nSPS) is 29.6. The van der Waals surface area contributed by atoms with Gasteiger partial charge in [0.2, 0.25) is 0 Å². The summed E-state index contributed by atoms with van der Waals surface area (Å²) in [5.74, 6) is 0. The Hall–Kier alpha value is -1.02. The van der Waals surface area contributed by atoms with Crippen molar-refractivity contribution >= 4 is 5.69 Å². The standard InChI is InChI=1S/C17H26N2/c1-3-16-9-4-13(2)19(16)12-17(10-11-17)14-5-7-15(18)8-6-14/h5-8,13,16H,3-4,9-12,18H2,1-2H3. The zero-order chi connectivity index (χ0) is 13.5. The van der Waals surface area contributed by atoms with E-state index in [1.165, 1.54) is 44.2 Å². The summed E-state index contributed by atoms with van der Waals surface area (Å²) in [5.41, 5.74) is 8.61. The molecular weight excluding hydrogens is 232 g/mol. The molecule has 2 nitrogen and oxygen atoms in total. The first-order valence-electron chi connectivity index (χ1n) is 7.76. The summed E-state index contributed by atoms with van der Waals surface area (Å²) in [6.45, 7) is 5.98. The Morgan fingerprint density at radius 3 is 2.47 bits per heavy atom. The third-order valence-electron chi connectivity index (χ3n) is 5.29. The maximum atomic E-state index is 5.81. The third kappa shape index (κ3) is 2.38. The number of hydrogen-bond donors (Lipinski definition) is 1. The summed E-state index contributed by atoms with van der Waals surface area (Å²) >= 11 is 0. The molecule has 0 amide bonds. The average molecular weight is 258 g/mol. The molecule has 2 aliphatic rings. The van der Waals surface area contributed by atoms with Crippen LogP contribution in [0.15, 0.2) is 24.3 Å². The van der Waals surface area contributed by atoms with Crippen molar-refractivity contribution in [3.63, 3.8) is 0 Å². The van der Waals surface area contributed by atoms with Crippen LogP contribution in [0.25, 0.3) is 0 Å². The van der Waals surface area contributed by atoms with E-state index >= 15 is 0 Å². The van der Waals surface area contributed by atoms with Crippen LogP contribution >= 0.6 is 0 Å². The highest BCUT2D eigenvalue weighted by Gasteiger charge is 2.47. The summed E-state index contributed by atoms with van der Waals surface area (Å²) in [6, 6.07) is 10.2. The van der Waals surface area contributed by atoms with E-state index in [1.54, 1.807) is 0 Å². The van der Waals surface area contributed by atoms with E-state index in [2.05, 4.69) is 43.0 Å². The second-order valence-corrected chi connectivity index (χ2v) is 6.56. The van der Waals surface area contributed by atoms with Crippen LogP contribution in [-0.2, 0) is 5.41 Å². The quantitative estimate of drug-likeness (QED) is 0.837. The van der Waals surface area contributed by atoms with Crippen molar-refractivity contribution in [2.24, 2.45) is 0 Å². The highest BCUT2D eigenvalue weighted by Crippen LogP contribution is 2.50. The van der Waals surface area contributed by atoms with E-state index in [0.717, 1.165) is 17.8 Å². The van der Waals surface area contributed by atoms with Crippen LogP contribution in [0.5, 0.6) is 0 Å². The minimum absolute atomic E-state index is 0.430. The Bertz CT molecular complexity index is 433. The molecule has 1 aliphatic heterocycles. The van der Waals surface area contributed by atoms with E-state index < -0.39 is 0 Å². The summed E-state index contributed by atoms with van der Waals surface area (Å²) in [5, 5.41) is 0. The molecule has 0 radical (unpaired) electrons. The Balaban J connectivity index is 1.76. The molecule has 0 bridgehead atoms. The first kappa shape index (κ1) is 13.0. The first-order chi connectivity index (χ1) is 9.14. The maximum absolute atomic E-state index is 5.81. The highest BCUT2D eigenvalue weighted by molar-refractivity contribution is 5.43. The van der Waals surface area contributed by atoms with Crippen LogP contribution in [0.2, 0.25) is 0 Å². The van der Waals surface area contributed by atoms with Gasteiger partial charge in [-0.25, -0.2) is 0 Å². The number of nitrogen functional groups attached to an aromatic ring is 1. The highest BCUT2D eigenvalue weighted by atomic mass is 15.2. The molecule has 2 unspecified atom stereocenters. The van der Waals surface area contributed by atoms with Crippen molar-refractivity contribution in [2.75, 3.05) is 12.3 Å². The lowest BCUT2D eigenvalue weighted by Crippen LogP contribution is -2.40. The molecular formula is C17H26N2. The fourth-order valence-electron chi connectivity index (χ4n) is 3.72. The van der Waals surface area contributed by atoms with Gasteiger partial charge in [-0.15, -0.1) is 0 Å². The van der Waals surface area contributed by atoms with Gasteiger partial charge in [-0.2, -0.15) is 0 Å². The van der Waals surface area contributed by atoms with Crippen molar-refractivity contribution in [3.8, 4) is 0 Å². The number of nitrogens with zero attached hydrogens (tertiary/aromatic N) is 1. The van der Waals surface area contributed by atoms with E-state index in [-0.39, 0.29) is 0 Å². The minimum Gasteiger partial charge on any atom is -0.399 e. The van der Waals surface area contributed by atoms with Crippen LogP contribution in [0.3, 0.4) is 0 Å². The molecule has 1 heterocycles. The second kappa shape index (κ2) is 4.82. The monoisotopic (exact) mass is 258 g/mol. The molecule has 1 aromatic rings. The van der Waals surface area contributed by atoms with E-state index in [9.17, 15) is 0 Å². The van der Waals surface area contributed by atoms with Crippen LogP contribution in [0.1, 0.15) is 51.5 Å². The Morgan fingerprint density at radius 2 is 1.89 bits per heavy atom. The van der Waals surface area contributed by atoms with Crippen molar-refractivity contribution < 1.29 is 0 Å². The minimum atomic E-state index is 0.430. The first-order valence-corrected chi connectivity index (χ1v) is 7.76. The third-order valence-corrected chi connectivity index (χ3v) is 5.29. The molecule has 0 spiro atoms. The van der Waals surface area contributed by atoms with Gasteiger partial charge in [-0.05, 0) is 56.7 Å². The van der Waals surface area contributed by atoms with E-state index in [1.807, 2.05) is 0 Å². The van der Waals surface area contributed by atoms with Crippen molar-refractivity contribution in [2.45, 2.75) is 63.5 Å².